The van der Waals surface area contributed by atoms with Gasteiger partial charge in [-0.15, -0.1) is 0 Å². The zero-order chi connectivity index (χ0) is 17.4. The van der Waals surface area contributed by atoms with Crippen molar-refractivity contribution in [1.82, 2.24) is 14.7 Å². The number of imidazole rings is 1. The summed E-state index contributed by atoms with van der Waals surface area (Å²) in [5, 5.41) is 3.77. The van der Waals surface area contributed by atoms with Gasteiger partial charge in [0.25, 0.3) is 0 Å². The molecule has 2 aromatic heterocycles. The first-order valence-electron chi connectivity index (χ1n) is 8.59. The van der Waals surface area contributed by atoms with E-state index in [1.54, 1.807) is 0 Å². The summed E-state index contributed by atoms with van der Waals surface area (Å²) in [7, 11) is 0. The van der Waals surface area contributed by atoms with Gasteiger partial charge in [0, 0.05) is 35.8 Å². The normalized spacial score (nSPS) is 16.6. The first-order valence-corrected chi connectivity index (χ1v) is 8.96. The van der Waals surface area contributed by atoms with Crippen LogP contribution in [0.3, 0.4) is 0 Å². The van der Waals surface area contributed by atoms with Gasteiger partial charge < -0.3 is 9.72 Å². The van der Waals surface area contributed by atoms with Gasteiger partial charge >= 0.3 is 0 Å². The summed E-state index contributed by atoms with van der Waals surface area (Å²) in [6.07, 6.45) is 4.55. The van der Waals surface area contributed by atoms with Crippen LogP contribution in [-0.2, 0) is 24.2 Å². The Morgan fingerprint density at radius 1 is 1.28 bits per heavy atom. The molecule has 3 aromatic rings. The van der Waals surface area contributed by atoms with Gasteiger partial charge in [-0.1, -0.05) is 29.8 Å². The summed E-state index contributed by atoms with van der Waals surface area (Å²) in [4.78, 5) is 17.3. The molecule has 0 bridgehead atoms. The maximum absolute atomic E-state index is 12.6. The Labute approximate surface area is 151 Å². The molecule has 1 aliphatic rings. The number of aryl methyl sites for hydroxylation is 2. The van der Waals surface area contributed by atoms with Crippen molar-refractivity contribution in [1.29, 1.82) is 0 Å². The van der Waals surface area contributed by atoms with Crippen LogP contribution in [-0.4, -0.2) is 15.3 Å². The molecule has 1 aliphatic carbocycles. The van der Waals surface area contributed by atoms with Crippen LogP contribution in [0.5, 0.6) is 0 Å². The number of nitrogens with one attached hydrogen (secondary N) is 1. The second-order valence-electron chi connectivity index (χ2n) is 6.72. The lowest BCUT2D eigenvalue weighted by atomic mass is 9.89. The summed E-state index contributed by atoms with van der Waals surface area (Å²) in [6.45, 7) is 2.61. The second-order valence-corrected chi connectivity index (χ2v) is 7.16. The summed E-state index contributed by atoms with van der Waals surface area (Å²) in [5.41, 5.74) is 5.53. The van der Waals surface area contributed by atoms with Crippen molar-refractivity contribution >= 4 is 23.2 Å². The molecule has 1 atom stereocenters. The van der Waals surface area contributed by atoms with E-state index >= 15 is 0 Å². The molecule has 0 radical (unpaired) electrons. The number of benzene rings is 1. The molecule has 0 spiro atoms. The first kappa shape index (κ1) is 16.2. The highest BCUT2D eigenvalue weighted by molar-refractivity contribution is 6.30. The Morgan fingerprint density at radius 2 is 2.08 bits per heavy atom. The number of pyridine rings is 1. The molecule has 1 amide bonds. The third kappa shape index (κ3) is 3.27. The number of fused-ring (bicyclic) bond motifs is 3. The Bertz CT molecular complexity index is 930. The van der Waals surface area contributed by atoms with Gasteiger partial charge in [0.15, 0.2) is 0 Å². The molecule has 4 nitrogen and oxygen atoms in total. The largest absolute Gasteiger partial charge is 0.352 e. The Kier molecular flexibility index (Phi) is 4.22. The van der Waals surface area contributed by atoms with E-state index in [9.17, 15) is 4.79 Å². The fourth-order valence-electron chi connectivity index (χ4n) is 3.47. The topological polar surface area (TPSA) is 46.4 Å². The van der Waals surface area contributed by atoms with E-state index in [1.807, 2.05) is 30.3 Å². The van der Waals surface area contributed by atoms with E-state index in [4.69, 9.17) is 16.6 Å². The lowest BCUT2D eigenvalue weighted by Gasteiger charge is -2.21. The second kappa shape index (κ2) is 6.52. The molecule has 1 aromatic carbocycles. The predicted octanol–water partition coefficient (Wildman–Crippen LogP) is 3.72. The summed E-state index contributed by atoms with van der Waals surface area (Å²) in [5.74, 6) is 0.114. The minimum atomic E-state index is 0.000197. The van der Waals surface area contributed by atoms with Gasteiger partial charge in [-0.05, 0) is 49.1 Å². The van der Waals surface area contributed by atoms with E-state index < -0.39 is 0 Å². The maximum Gasteiger partial charge on any atom is 0.223 e. The number of hydrogen-bond acceptors (Lipinski definition) is 2. The van der Waals surface area contributed by atoms with Crippen molar-refractivity contribution in [3.63, 3.8) is 0 Å². The lowest BCUT2D eigenvalue weighted by Crippen LogP contribution is -2.34. The quantitative estimate of drug-likeness (QED) is 0.780. The van der Waals surface area contributed by atoms with Crippen molar-refractivity contribution in [2.75, 3.05) is 0 Å². The summed E-state index contributed by atoms with van der Waals surface area (Å²) in [6, 6.07) is 11.7. The fraction of sp³-hybridized carbons (Fsp3) is 0.300. The molecular weight excluding hydrogens is 334 g/mol. The van der Waals surface area contributed by atoms with Gasteiger partial charge in [0.1, 0.15) is 5.65 Å². The fourth-order valence-corrected chi connectivity index (χ4v) is 3.60. The number of amides is 1. The van der Waals surface area contributed by atoms with Crippen LogP contribution in [0.2, 0.25) is 5.02 Å². The van der Waals surface area contributed by atoms with E-state index in [1.165, 1.54) is 11.3 Å². The van der Waals surface area contributed by atoms with Crippen LogP contribution in [0.4, 0.5) is 0 Å². The summed E-state index contributed by atoms with van der Waals surface area (Å²) < 4.78 is 2.14. The Hall–Kier alpha value is -2.33. The van der Waals surface area contributed by atoms with E-state index in [0.717, 1.165) is 36.2 Å². The van der Waals surface area contributed by atoms with Crippen LogP contribution in [0, 0.1) is 12.8 Å². The average molecular weight is 354 g/mol. The molecule has 5 heteroatoms. The number of carbonyl (C=O) groups is 1. The monoisotopic (exact) mass is 353 g/mol. The maximum atomic E-state index is 12.6. The van der Waals surface area contributed by atoms with Crippen molar-refractivity contribution in [3.05, 3.63) is 70.1 Å². The number of aromatic nitrogens is 2. The molecule has 0 saturated heterocycles. The standard InChI is InChI=1S/C20H20ClN3O/c1-13-2-9-19-23-17-8-5-15(10-18(17)24(19)12-13)20(25)22-11-14-3-6-16(21)7-4-14/h2-4,6-7,9,12,15H,5,8,10-11H2,1H3,(H,22,25). The van der Waals surface area contributed by atoms with E-state index in [0.29, 0.717) is 11.6 Å². The zero-order valence-corrected chi connectivity index (χ0v) is 14.9. The first-order chi connectivity index (χ1) is 12.1. The Morgan fingerprint density at radius 3 is 2.88 bits per heavy atom. The zero-order valence-electron chi connectivity index (χ0n) is 14.1. The van der Waals surface area contributed by atoms with Crippen LogP contribution in [0.1, 0.15) is 28.9 Å². The van der Waals surface area contributed by atoms with Crippen LogP contribution >= 0.6 is 11.6 Å². The highest BCUT2D eigenvalue weighted by Gasteiger charge is 2.27. The molecule has 2 heterocycles. The third-order valence-electron chi connectivity index (χ3n) is 4.87. The molecule has 25 heavy (non-hydrogen) atoms. The highest BCUT2D eigenvalue weighted by Crippen LogP contribution is 2.27. The molecule has 0 fully saturated rings. The summed E-state index contributed by atoms with van der Waals surface area (Å²) >= 11 is 5.90. The lowest BCUT2D eigenvalue weighted by molar-refractivity contribution is -0.125. The third-order valence-corrected chi connectivity index (χ3v) is 5.12. The average Bonchev–Trinajstić information content (AvgIpc) is 2.98. The van der Waals surface area contributed by atoms with Crippen molar-refractivity contribution < 1.29 is 4.79 Å². The van der Waals surface area contributed by atoms with Gasteiger partial charge in [-0.2, -0.15) is 0 Å². The van der Waals surface area contributed by atoms with Crippen molar-refractivity contribution in [2.24, 2.45) is 5.92 Å². The number of hydrogen-bond donors (Lipinski definition) is 1. The van der Waals surface area contributed by atoms with Gasteiger partial charge in [-0.25, -0.2) is 4.98 Å². The minimum Gasteiger partial charge on any atom is -0.352 e. The smallest absolute Gasteiger partial charge is 0.223 e. The number of carbonyl (C=O) groups excluding carboxylic acids is 1. The van der Waals surface area contributed by atoms with Crippen LogP contribution in [0.15, 0.2) is 42.6 Å². The number of rotatable bonds is 3. The van der Waals surface area contributed by atoms with Crippen molar-refractivity contribution in [2.45, 2.75) is 32.7 Å². The Balaban J connectivity index is 1.47. The number of halogens is 1. The molecule has 1 unspecified atom stereocenters. The van der Waals surface area contributed by atoms with Crippen LogP contribution in [0.25, 0.3) is 5.65 Å². The molecule has 0 saturated carbocycles. The highest BCUT2D eigenvalue weighted by atomic mass is 35.5. The predicted molar refractivity (Wildman–Crippen MR) is 98.7 cm³/mol. The SMILES string of the molecule is Cc1ccc2nc3c(n2c1)CC(C(=O)NCc1ccc(Cl)cc1)CC3. The van der Waals surface area contributed by atoms with Crippen molar-refractivity contribution in [3.8, 4) is 0 Å². The molecule has 0 aliphatic heterocycles. The molecule has 4 rings (SSSR count). The van der Waals surface area contributed by atoms with Crippen LogP contribution < -0.4 is 5.32 Å². The number of nitrogens with zero attached hydrogens (tertiary/aromatic N) is 2. The van der Waals surface area contributed by atoms with E-state index in [-0.39, 0.29) is 11.8 Å². The minimum absolute atomic E-state index is 0.000197. The molecule has 1 N–H and O–H groups in total. The van der Waals surface area contributed by atoms with E-state index in [2.05, 4.69) is 28.9 Å². The van der Waals surface area contributed by atoms with Gasteiger partial charge in [-0.3, -0.25) is 4.79 Å². The molecular formula is C20H20ClN3O. The van der Waals surface area contributed by atoms with Gasteiger partial charge in [0.2, 0.25) is 5.91 Å². The molecule has 128 valence electrons. The van der Waals surface area contributed by atoms with Gasteiger partial charge in [0.05, 0.1) is 5.69 Å².